The summed E-state index contributed by atoms with van der Waals surface area (Å²) < 4.78 is 4.83. The Balaban J connectivity index is 0.000000388. The molecule has 1 fully saturated rings. The van der Waals surface area contributed by atoms with Crippen LogP contribution in [0.3, 0.4) is 0 Å². The van der Waals surface area contributed by atoms with Crippen LogP contribution >= 0.6 is 0 Å². The highest BCUT2D eigenvalue weighted by atomic mass is 16.6. The topological polar surface area (TPSA) is 148 Å². The van der Waals surface area contributed by atoms with Gasteiger partial charge in [0.05, 0.1) is 6.61 Å². The van der Waals surface area contributed by atoms with Gasteiger partial charge in [0.2, 0.25) is 0 Å². The molecule has 0 saturated carbocycles. The standard InChI is InChI=1S/C6H12O6.C5H10O2/c7-1-3(9)5(11)6(12)4(10)2-8;6-5-3-1-2-4-7-5/h1,3-6,8-12H,2H2;5-6H,1-4H2. The van der Waals surface area contributed by atoms with Gasteiger partial charge in [-0.15, -0.1) is 0 Å². The summed E-state index contributed by atoms with van der Waals surface area (Å²) in [5, 5.41) is 52.2. The molecule has 0 aromatic heterocycles. The predicted molar refractivity (Wildman–Crippen MR) is 63.0 cm³/mol. The lowest BCUT2D eigenvalue weighted by atomic mass is 10.0. The van der Waals surface area contributed by atoms with Gasteiger partial charge in [-0.25, -0.2) is 0 Å². The zero-order valence-electron chi connectivity index (χ0n) is 10.5. The number of aldehydes is 1. The van der Waals surface area contributed by atoms with E-state index >= 15 is 0 Å². The minimum absolute atomic E-state index is 0.0258. The number of carbonyl (C=O) groups excluding carboxylic acids is 1. The highest BCUT2D eigenvalue weighted by Crippen LogP contribution is 2.08. The Morgan fingerprint density at radius 2 is 1.79 bits per heavy atom. The molecule has 5 atom stereocenters. The molecule has 19 heavy (non-hydrogen) atoms. The van der Waals surface area contributed by atoms with Crippen molar-refractivity contribution in [3.63, 3.8) is 0 Å². The Kier molecular flexibility index (Phi) is 9.88. The molecule has 1 aliphatic heterocycles. The van der Waals surface area contributed by atoms with Gasteiger partial charge in [-0.1, -0.05) is 0 Å². The molecule has 0 aromatic carbocycles. The van der Waals surface area contributed by atoms with Crippen LogP contribution in [-0.4, -0.2) is 80.8 Å². The Bertz CT molecular complexity index is 231. The molecule has 1 rings (SSSR count). The van der Waals surface area contributed by atoms with Crippen LogP contribution in [0.5, 0.6) is 0 Å². The lowest BCUT2D eigenvalue weighted by Gasteiger charge is -2.22. The summed E-state index contributed by atoms with van der Waals surface area (Å²) in [7, 11) is 0. The maximum Gasteiger partial charge on any atom is 0.154 e. The molecule has 0 aromatic rings. The second kappa shape index (κ2) is 10.2. The molecule has 1 aliphatic rings. The lowest BCUT2D eigenvalue weighted by Crippen LogP contribution is -2.46. The van der Waals surface area contributed by atoms with Crippen LogP contribution in [0.25, 0.3) is 0 Å². The van der Waals surface area contributed by atoms with E-state index < -0.39 is 37.3 Å². The molecule has 0 bridgehead atoms. The molecule has 0 amide bonds. The molecule has 0 aliphatic carbocycles. The molecule has 0 spiro atoms. The van der Waals surface area contributed by atoms with Crippen molar-refractivity contribution in [1.29, 1.82) is 0 Å². The third kappa shape index (κ3) is 7.53. The number of rotatable bonds is 5. The quantitative estimate of drug-likeness (QED) is 0.295. The van der Waals surface area contributed by atoms with E-state index in [1.165, 1.54) is 0 Å². The van der Waals surface area contributed by atoms with Crippen LogP contribution in [0.2, 0.25) is 0 Å². The maximum atomic E-state index is 9.90. The molecule has 5 unspecified atom stereocenters. The first-order chi connectivity index (χ1) is 8.93. The van der Waals surface area contributed by atoms with Crippen molar-refractivity contribution >= 4 is 6.29 Å². The SMILES string of the molecule is O=CC(O)C(O)C(O)C(O)CO.OC1CCCCO1. The van der Waals surface area contributed by atoms with E-state index in [1.807, 2.05) is 0 Å². The van der Waals surface area contributed by atoms with Gasteiger partial charge in [-0.2, -0.15) is 0 Å². The molecular weight excluding hydrogens is 260 g/mol. The van der Waals surface area contributed by atoms with Gasteiger partial charge in [-0.3, -0.25) is 0 Å². The van der Waals surface area contributed by atoms with Gasteiger partial charge in [0, 0.05) is 6.61 Å². The molecule has 1 heterocycles. The van der Waals surface area contributed by atoms with Crippen LogP contribution in [-0.2, 0) is 9.53 Å². The fourth-order valence-corrected chi connectivity index (χ4v) is 1.34. The first-order valence-corrected chi connectivity index (χ1v) is 6.02. The monoisotopic (exact) mass is 282 g/mol. The van der Waals surface area contributed by atoms with Crippen molar-refractivity contribution in [3.05, 3.63) is 0 Å². The Morgan fingerprint density at radius 3 is 2.11 bits per heavy atom. The number of aliphatic hydroxyl groups excluding tert-OH is 6. The molecule has 6 N–H and O–H groups in total. The highest BCUT2D eigenvalue weighted by molar-refractivity contribution is 5.56. The van der Waals surface area contributed by atoms with Gasteiger partial charge < -0.3 is 40.2 Å². The van der Waals surface area contributed by atoms with E-state index in [0.29, 0.717) is 0 Å². The van der Waals surface area contributed by atoms with Gasteiger partial charge in [-0.05, 0) is 19.3 Å². The van der Waals surface area contributed by atoms with Crippen LogP contribution in [0.4, 0.5) is 0 Å². The fourth-order valence-electron chi connectivity index (χ4n) is 1.34. The van der Waals surface area contributed by atoms with Gasteiger partial charge in [0.15, 0.2) is 12.6 Å². The largest absolute Gasteiger partial charge is 0.394 e. The fraction of sp³-hybridized carbons (Fsp3) is 0.909. The van der Waals surface area contributed by atoms with E-state index in [4.69, 9.17) is 35.4 Å². The third-order valence-electron chi connectivity index (χ3n) is 2.58. The molecule has 0 radical (unpaired) electrons. The number of aliphatic hydroxyl groups is 6. The average molecular weight is 282 g/mol. The minimum Gasteiger partial charge on any atom is -0.394 e. The van der Waals surface area contributed by atoms with Crippen LogP contribution < -0.4 is 0 Å². The Hall–Kier alpha value is -0.610. The summed E-state index contributed by atoms with van der Waals surface area (Å²) in [6.45, 7) is -0.0228. The van der Waals surface area contributed by atoms with Crippen molar-refractivity contribution in [2.45, 2.75) is 50.0 Å². The summed E-state index contributed by atoms with van der Waals surface area (Å²) in [5.41, 5.74) is 0. The minimum atomic E-state index is -1.79. The van der Waals surface area contributed by atoms with E-state index in [9.17, 15) is 4.79 Å². The van der Waals surface area contributed by atoms with Crippen LogP contribution in [0, 0.1) is 0 Å². The number of carbonyl (C=O) groups is 1. The lowest BCUT2D eigenvalue weighted by molar-refractivity contribution is -0.136. The van der Waals surface area contributed by atoms with Crippen molar-refractivity contribution < 1.29 is 40.2 Å². The van der Waals surface area contributed by atoms with Gasteiger partial charge in [0.25, 0.3) is 0 Å². The first kappa shape index (κ1) is 18.4. The molecule has 8 nitrogen and oxygen atoms in total. The molecular formula is C11H22O8. The smallest absolute Gasteiger partial charge is 0.154 e. The Labute approximate surface area is 110 Å². The van der Waals surface area contributed by atoms with Crippen molar-refractivity contribution in [1.82, 2.24) is 0 Å². The van der Waals surface area contributed by atoms with Crippen LogP contribution in [0.15, 0.2) is 0 Å². The van der Waals surface area contributed by atoms with Crippen LogP contribution in [0.1, 0.15) is 19.3 Å². The second-order valence-corrected chi connectivity index (χ2v) is 4.18. The summed E-state index contributed by atoms with van der Waals surface area (Å²) in [4.78, 5) is 9.90. The number of ether oxygens (including phenoxy) is 1. The average Bonchev–Trinajstić information content (AvgIpc) is 2.45. The third-order valence-corrected chi connectivity index (χ3v) is 2.58. The zero-order chi connectivity index (χ0) is 14.8. The van der Waals surface area contributed by atoms with Crippen molar-refractivity contribution in [2.24, 2.45) is 0 Å². The molecule has 8 heteroatoms. The number of hydrogen-bond donors (Lipinski definition) is 6. The Morgan fingerprint density at radius 1 is 1.16 bits per heavy atom. The normalized spacial score (nSPS) is 25.5. The van der Waals surface area contributed by atoms with Crippen molar-refractivity contribution in [3.8, 4) is 0 Å². The predicted octanol–water partition coefficient (Wildman–Crippen LogP) is -2.87. The maximum absolute atomic E-state index is 9.90. The van der Waals surface area contributed by atoms with Gasteiger partial charge in [0.1, 0.15) is 24.4 Å². The van der Waals surface area contributed by atoms with E-state index in [1.54, 1.807) is 0 Å². The van der Waals surface area contributed by atoms with Crippen molar-refractivity contribution in [2.75, 3.05) is 13.2 Å². The summed E-state index contributed by atoms with van der Waals surface area (Å²) in [5.74, 6) is 0. The van der Waals surface area contributed by atoms with E-state index in [0.717, 1.165) is 25.9 Å². The van der Waals surface area contributed by atoms with E-state index in [2.05, 4.69) is 0 Å². The molecule has 114 valence electrons. The second-order valence-electron chi connectivity index (χ2n) is 4.18. The van der Waals surface area contributed by atoms with E-state index in [-0.39, 0.29) is 6.29 Å². The highest BCUT2D eigenvalue weighted by Gasteiger charge is 2.29. The van der Waals surface area contributed by atoms with Gasteiger partial charge >= 0.3 is 0 Å². The summed E-state index contributed by atoms with van der Waals surface area (Å²) in [6.07, 6.45) is -4.26. The number of hydrogen-bond acceptors (Lipinski definition) is 8. The first-order valence-electron chi connectivity index (χ1n) is 6.02. The molecule has 1 saturated heterocycles. The zero-order valence-corrected chi connectivity index (χ0v) is 10.5. The summed E-state index contributed by atoms with van der Waals surface area (Å²) >= 11 is 0. The summed E-state index contributed by atoms with van der Waals surface area (Å²) in [6, 6.07) is 0.